The van der Waals surface area contributed by atoms with E-state index in [9.17, 15) is 5.11 Å². The van der Waals surface area contributed by atoms with Crippen molar-refractivity contribution in [3.63, 3.8) is 0 Å². The third-order valence-electron chi connectivity index (χ3n) is 2.47. The first-order valence-electron chi connectivity index (χ1n) is 5.59. The number of hydrogen-bond acceptors (Lipinski definition) is 4. The quantitative estimate of drug-likeness (QED) is 0.920. The molecule has 1 atom stereocenters. The van der Waals surface area contributed by atoms with E-state index in [-0.39, 0.29) is 0 Å². The summed E-state index contributed by atoms with van der Waals surface area (Å²) in [6.45, 7) is 1.99. The van der Waals surface area contributed by atoms with E-state index in [4.69, 9.17) is 16.1 Å². The average molecular weight is 332 g/mol. The molecular formula is C12H12BrClN2O2. The van der Waals surface area contributed by atoms with Crippen molar-refractivity contribution >= 4 is 27.5 Å². The molecule has 6 heteroatoms. The van der Waals surface area contributed by atoms with Gasteiger partial charge in [-0.1, -0.05) is 30.1 Å². The van der Waals surface area contributed by atoms with Crippen molar-refractivity contribution in [1.82, 2.24) is 10.1 Å². The second kappa shape index (κ2) is 5.82. The summed E-state index contributed by atoms with van der Waals surface area (Å²) in [6.07, 6.45) is 0.795. The Balaban J connectivity index is 2.26. The molecule has 0 aliphatic rings. The fraction of sp³-hybridized carbons (Fsp3) is 0.333. The number of benzene rings is 1. The maximum Gasteiger partial charge on any atom is 0.258 e. The highest BCUT2D eigenvalue weighted by Gasteiger charge is 2.16. The molecule has 1 aromatic heterocycles. The summed E-state index contributed by atoms with van der Waals surface area (Å²) in [5.41, 5.74) is 0.758. The normalized spacial score (nSPS) is 12.7. The minimum atomic E-state index is -0.678. The minimum Gasteiger partial charge on any atom is -0.385 e. The lowest BCUT2D eigenvalue weighted by atomic mass is 10.2. The Morgan fingerprint density at radius 3 is 2.94 bits per heavy atom. The smallest absolute Gasteiger partial charge is 0.258 e. The topological polar surface area (TPSA) is 59.2 Å². The van der Waals surface area contributed by atoms with Crippen LogP contribution in [0.1, 0.15) is 31.7 Å². The third-order valence-corrected chi connectivity index (χ3v) is 3.68. The molecule has 1 heterocycles. The van der Waals surface area contributed by atoms with Crippen LogP contribution in [0.5, 0.6) is 0 Å². The highest BCUT2D eigenvalue weighted by Crippen LogP contribution is 2.28. The van der Waals surface area contributed by atoms with E-state index < -0.39 is 6.10 Å². The summed E-state index contributed by atoms with van der Waals surface area (Å²) < 4.78 is 5.89. The summed E-state index contributed by atoms with van der Waals surface area (Å²) in [7, 11) is 0. The minimum absolute atomic E-state index is 0.318. The van der Waals surface area contributed by atoms with E-state index in [1.54, 1.807) is 18.2 Å². The highest BCUT2D eigenvalue weighted by atomic mass is 79.9. The summed E-state index contributed by atoms with van der Waals surface area (Å²) in [5, 5.41) is 14.2. The first-order chi connectivity index (χ1) is 8.61. The Morgan fingerprint density at radius 1 is 1.50 bits per heavy atom. The van der Waals surface area contributed by atoms with E-state index in [0.29, 0.717) is 23.2 Å². The van der Waals surface area contributed by atoms with Crippen LogP contribution < -0.4 is 0 Å². The molecule has 1 aromatic carbocycles. The zero-order valence-electron chi connectivity index (χ0n) is 9.73. The Hall–Kier alpha value is -0.910. The van der Waals surface area contributed by atoms with Gasteiger partial charge in [-0.3, -0.25) is 0 Å². The average Bonchev–Trinajstić information content (AvgIpc) is 2.82. The molecule has 0 radical (unpaired) electrons. The molecule has 0 aliphatic heterocycles. The molecule has 1 unspecified atom stereocenters. The van der Waals surface area contributed by atoms with Gasteiger partial charge >= 0.3 is 0 Å². The molecule has 4 nitrogen and oxygen atoms in total. The number of aliphatic hydroxyl groups excluding tert-OH is 1. The maximum absolute atomic E-state index is 9.76. The maximum atomic E-state index is 9.76. The largest absolute Gasteiger partial charge is 0.385 e. The van der Waals surface area contributed by atoms with Crippen LogP contribution >= 0.6 is 27.5 Å². The van der Waals surface area contributed by atoms with Crippen LogP contribution in [-0.2, 0) is 0 Å². The number of rotatable bonds is 4. The molecule has 96 valence electrons. The van der Waals surface area contributed by atoms with Crippen molar-refractivity contribution in [2.24, 2.45) is 0 Å². The van der Waals surface area contributed by atoms with Crippen molar-refractivity contribution in [2.75, 3.05) is 0 Å². The molecule has 0 bridgehead atoms. The monoisotopic (exact) mass is 330 g/mol. The highest BCUT2D eigenvalue weighted by molar-refractivity contribution is 9.10. The lowest BCUT2D eigenvalue weighted by molar-refractivity contribution is 0.153. The lowest BCUT2D eigenvalue weighted by Crippen LogP contribution is -1.98. The van der Waals surface area contributed by atoms with Crippen LogP contribution in [-0.4, -0.2) is 15.2 Å². The molecule has 18 heavy (non-hydrogen) atoms. The molecule has 2 aromatic rings. The summed E-state index contributed by atoms with van der Waals surface area (Å²) in [6, 6.07) is 5.33. The van der Waals surface area contributed by atoms with Gasteiger partial charge in [0.2, 0.25) is 5.82 Å². The van der Waals surface area contributed by atoms with Gasteiger partial charge in [-0.05, 0) is 40.5 Å². The molecule has 0 saturated heterocycles. The molecule has 0 amide bonds. The number of halogens is 2. The van der Waals surface area contributed by atoms with Crippen molar-refractivity contribution in [3.8, 4) is 11.5 Å². The zero-order chi connectivity index (χ0) is 13.1. The van der Waals surface area contributed by atoms with Gasteiger partial charge in [0, 0.05) is 10.0 Å². The van der Waals surface area contributed by atoms with Crippen LogP contribution in [0.3, 0.4) is 0 Å². The Labute approximate surface area is 118 Å². The SMILES string of the molecule is CCCC(O)c1noc(-c2ccc(Cl)c(Br)c2)n1. The van der Waals surface area contributed by atoms with Gasteiger partial charge in [-0.25, -0.2) is 0 Å². The fourth-order valence-corrected chi connectivity index (χ4v) is 2.02. The predicted octanol–water partition coefficient (Wildman–Crippen LogP) is 3.99. The van der Waals surface area contributed by atoms with Crippen LogP contribution in [0, 0.1) is 0 Å². The summed E-state index contributed by atoms with van der Waals surface area (Å²) >= 11 is 9.24. The van der Waals surface area contributed by atoms with Gasteiger partial charge in [-0.15, -0.1) is 0 Å². The fourth-order valence-electron chi connectivity index (χ4n) is 1.52. The number of nitrogens with zero attached hydrogens (tertiary/aromatic N) is 2. The van der Waals surface area contributed by atoms with Gasteiger partial charge in [0.25, 0.3) is 5.89 Å². The van der Waals surface area contributed by atoms with Crippen LogP contribution in [0.15, 0.2) is 27.2 Å². The van der Waals surface area contributed by atoms with Crippen molar-refractivity contribution in [2.45, 2.75) is 25.9 Å². The summed E-state index contributed by atoms with van der Waals surface area (Å²) in [4.78, 5) is 4.18. The molecule has 0 spiro atoms. The van der Waals surface area contributed by atoms with Crippen molar-refractivity contribution in [1.29, 1.82) is 0 Å². The van der Waals surface area contributed by atoms with Crippen LogP contribution in [0.2, 0.25) is 5.02 Å². The van der Waals surface area contributed by atoms with Gasteiger partial charge in [0.15, 0.2) is 0 Å². The molecule has 0 saturated carbocycles. The first kappa shape index (κ1) is 13.5. The number of aliphatic hydroxyl groups is 1. The lowest BCUT2D eigenvalue weighted by Gasteiger charge is -2.01. The van der Waals surface area contributed by atoms with Gasteiger partial charge in [0.1, 0.15) is 6.10 Å². The summed E-state index contributed by atoms with van der Waals surface area (Å²) in [5.74, 6) is 0.690. The predicted molar refractivity (Wildman–Crippen MR) is 72.3 cm³/mol. The van der Waals surface area contributed by atoms with E-state index >= 15 is 0 Å². The zero-order valence-corrected chi connectivity index (χ0v) is 12.1. The van der Waals surface area contributed by atoms with Crippen molar-refractivity contribution in [3.05, 3.63) is 33.5 Å². The number of aromatic nitrogens is 2. The van der Waals surface area contributed by atoms with Crippen molar-refractivity contribution < 1.29 is 9.63 Å². The van der Waals surface area contributed by atoms with E-state index in [1.165, 1.54) is 0 Å². The second-order valence-electron chi connectivity index (χ2n) is 3.89. The van der Waals surface area contributed by atoms with Gasteiger partial charge in [0.05, 0.1) is 5.02 Å². The molecule has 1 N–H and O–H groups in total. The molecule has 0 fully saturated rings. The van der Waals surface area contributed by atoms with E-state index in [0.717, 1.165) is 16.5 Å². The van der Waals surface area contributed by atoms with Gasteiger partial charge in [-0.2, -0.15) is 4.98 Å². The third kappa shape index (κ3) is 2.91. The van der Waals surface area contributed by atoms with E-state index in [2.05, 4.69) is 26.1 Å². The Morgan fingerprint density at radius 2 is 2.28 bits per heavy atom. The number of hydrogen-bond donors (Lipinski definition) is 1. The molecule has 0 aliphatic carbocycles. The van der Waals surface area contributed by atoms with Crippen LogP contribution in [0.4, 0.5) is 0 Å². The molecular weight excluding hydrogens is 320 g/mol. The second-order valence-corrected chi connectivity index (χ2v) is 5.15. The van der Waals surface area contributed by atoms with E-state index in [1.807, 2.05) is 6.92 Å². The Kier molecular flexibility index (Phi) is 4.37. The standard InChI is InChI=1S/C12H12BrClN2O2/c1-2-3-10(17)11-15-12(18-16-11)7-4-5-9(14)8(13)6-7/h4-6,10,17H,2-3H2,1H3. The Bertz CT molecular complexity index is 545. The van der Waals surface area contributed by atoms with Gasteiger partial charge < -0.3 is 9.63 Å². The molecule has 2 rings (SSSR count). The van der Waals surface area contributed by atoms with Crippen LogP contribution in [0.25, 0.3) is 11.5 Å². The first-order valence-corrected chi connectivity index (χ1v) is 6.76.